The Bertz CT molecular complexity index is 981. The first kappa shape index (κ1) is 20.0. The second-order valence-electron chi connectivity index (χ2n) is 9.24. The van der Waals surface area contributed by atoms with Crippen molar-refractivity contribution in [3.63, 3.8) is 0 Å². The quantitative estimate of drug-likeness (QED) is 0.525. The summed E-state index contributed by atoms with van der Waals surface area (Å²) in [6.07, 6.45) is 9.09. The lowest BCUT2D eigenvalue weighted by molar-refractivity contribution is -0.197. The van der Waals surface area contributed by atoms with Crippen molar-refractivity contribution < 1.29 is 28.8 Å². The molecular formula is C22H25N3O6. The maximum absolute atomic E-state index is 12.7. The molecule has 0 N–H and O–H groups in total. The molecule has 4 unspecified atom stereocenters. The van der Waals surface area contributed by atoms with E-state index in [2.05, 4.69) is 18.0 Å². The zero-order valence-electron chi connectivity index (χ0n) is 17.4. The fourth-order valence-electron chi connectivity index (χ4n) is 5.60. The molecule has 5 rings (SSSR count). The molecule has 2 heterocycles. The molecule has 1 aromatic heterocycles. The minimum absolute atomic E-state index is 0.0536. The number of hydrogen-bond donors (Lipinski definition) is 0. The van der Waals surface area contributed by atoms with E-state index in [9.17, 15) is 19.2 Å². The topological polar surface area (TPSA) is 108 Å². The maximum atomic E-state index is 12.7. The van der Waals surface area contributed by atoms with E-state index >= 15 is 0 Å². The molecule has 3 aliphatic carbocycles. The Labute approximate surface area is 179 Å². The number of ether oxygens (including phenoxy) is 1. The van der Waals surface area contributed by atoms with Gasteiger partial charge in [-0.05, 0) is 31.1 Å². The van der Waals surface area contributed by atoms with Crippen molar-refractivity contribution in [3.8, 4) is 0 Å². The van der Waals surface area contributed by atoms with Crippen LogP contribution in [0.15, 0.2) is 24.2 Å². The standard InChI is InChI=1S/C22H25N3O6/c1-13-6-14-8-17-15(7-13)10-22(17,9-14)30-21(29)24-11-16(23-12-24)2-5-20(28)31-25-18(26)3-4-19(25)27/h7,11-14,17H,2-6,8-10H2,1H3. The van der Waals surface area contributed by atoms with E-state index in [1.165, 1.54) is 16.5 Å². The zero-order chi connectivity index (χ0) is 21.8. The number of carbonyl (C=O) groups is 4. The lowest BCUT2D eigenvalue weighted by Gasteiger charge is -2.47. The van der Waals surface area contributed by atoms with E-state index in [4.69, 9.17) is 9.57 Å². The van der Waals surface area contributed by atoms with Crippen LogP contribution in [0.4, 0.5) is 4.79 Å². The minimum atomic E-state index is -0.697. The first-order valence-corrected chi connectivity index (χ1v) is 10.9. The van der Waals surface area contributed by atoms with Crippen LogP contribution in [0, 0.1) is 17.8 Å². The van der Waals surface area contributed by atoms with E-state index < -0.39 is 23.9 Å². The number of rotatable bonds is 5. The SMILES string of the molecule is CC1C=C2CC3(OC(=O)n4cnc(CCC(=O)ON5C(=O)CCC5=O)c4)CC(C1)CC23. The predicted molar refractivity (Wildman–Crippen MR) is 105 cm³/mol. The molecular weight excluding hydrogens is 402 g/mol. The van der Waals surface area contributed by atoms with Crippen LogP contribution in [0.2, 0.25) is 0 Å². The van der Waals surface area contributed by atoms with Crippen LogP contribution < -0.4 is 0 Å². The van der Waals surface area contributed by atoms with Crippen LogP contribution in [0.1, 0.15) is 57.6 Å². The smallest absolute Gasteiger partial charge is 0.419 e. The van der Waals surface area contributed by atoms with Crippen molar-refractivity contribution in [3.05, 3.63) is 29.9 Å². The summed E-state index contributed by atoms with van der Waals surface area (Å²) in [7, 11) is 0. The number of hydrogen-bond acceptors (Lipinski definition) is 7. The average Bonchev–Trinajstić information content (AvgIpc) is 3.35. The number of hydroxylamine groups is 2. The number of aryl methyl sites for hydroxylation is 1. The van der Waals surface area contributed by atoms with Gasteiger partial charge in [0.15, 0.2) is 0 Å². The van der Waals surface area contributed by atoms with Gasteiger partial charge in [-0.1, -0.05) is 18.6 Å². The fourth-order valence-corrected chi connectivity index (χ4v) is 5.60. The Morgan fingerprint density at radius 1 is 1.23 bits per heavy atom. The van der Waals surface area contributed by atoms with Gasteiger partial charge in [0.05, 0.1) is 12.1 Å². The van der Waals surface area contributed by atoms with Crippen molar-refractivity contribution in [2.45, 2.75) is 63.9 Å². The Morgan fingerprint density at radius 2 is 2.00 bits per heavy atom. The lowest BCUT2D eigenvalue weighted by Crippen LogP contribution is -2.49. The molecule has 2 amide bonds. The average molecular weight is 427 g/mol. The van der Waals surface area contributed by atoms with Gasteiger partial charge in [-0.2, -0.15) is 0 Å². The van der Waals surface area contributed by atoms with E-state index in [0.717, 1.165) is 25.7 Å². The monoisotopic (exact) mass is 427 g/mol. The summed E-state index contributed by atoms with van der Waals surface area (Å²) in [4.78, 5) is 56.7. The van der Waals surface area contributed by atoms with Crippen LogP contribution >= 0.6 is 0 Å². The molecule has 1 saturated heterocycles. The number of fused-ring (bicyclic) bond motifs is 1. The summed E-state index contributed by atoms with van der Waals surface area (Å²) in [5, 5.41) is 0.528. The van der Waals surface area contributed by atoms with E-state index in [1.807, 2.05) is 0 Å². The van der Waals surface area contributed by atoms with Crippen molar-refractivity contribution >= 4 is 23.9 Å². The normalized spacial score (nSPS) is 31.2. The summed E-state index contributed by atoms with van der Waals surface area (Å²) in [6, 6.07) is 0. The Hall–Kier alpha value is -2.97. The number of allylic oxidation sites excluding steroid dienone is 1. The number of imide groups is 1. The number of aromatic nitrogens is 2. The maximum Gasteiger partial charge on any atom is 0.419 e. The highest BCUT2D eigenvalue weighted by Gasteiger charge is 2.60. The summed E-state index contributed by atoms with van der Waals surface area (Å²) in [6.45, 7) is 2.25. The Balaban J connectivity index is 1.15. The van der Waals surface area contributed by atoms with Crippen molar-refractivity contribution in [1.82, 2.24) is 14.6 Å². The van der Waals surface area contributed by atoms with Crippen LogP contribution in [0.5, 0.6) is 0 Å². The third-order valence-corrected chi connectivity index (χ3v) is 6.91. The first-order chi connectivity index (χ1) is 14.8. The first-order valence-electron chi connectivity index (χ1n) is 10.9. The zero-order valence-corrected chi connectivity index (χ0v) is 17.4. The van der Waals surface area contributed by atoms with Crippen LogP contribution in [0.25, 0.3) is 0 Å². The van der Waals surface area contributed by atoms with Gasteiger partial charge < -0.3 is 9.57 Å². The van der Waals surface area contributed by atoms with Gasteiger partial charge in [0.2, 0.25) is 0 Å². The summed E-state index contributed by atoms with van der Waals surface area (Å²) in [5.41, 5.74) is 1.58. The van der Waals surface area contributed by atoms with Crippen molar-refractivity contribution in [2.24, 2.45) is 17.8 Å². The predicted octanol–water partition coefficient (Wildman–Crippen LogP) is 2.54. The third kappa shape index (κ3) is 3.55. The molecule has 3 fully saturated rings. The van der Waals surface area contributed by atoms with Gasteiger partial charge >= 0.3 is 12.1 Å². The summed E-state index contributed by atoms with van der Waals surface area (Å²) >= 11 is 0. The molecule has 31 heavy (non-hydrogen) atoms. The molecule has 2 bridgehead atoms. The minimum Gasteiger partial charge on any atom is -0.441 e. The highest BCUT2D eigenvalue weighted by molar-refractivity contribution is 6.01. The van der Waals surface area contributed by atoms with E-state index in [1.54, 1.807) is 6.20 Å². The molecule has 4 aliphatic rings. The van der Waals surface area contributed by atoms with Crippen LogP contribution in [0.3, 0.4) is 0 Å². The van der Waals surface area contributed by atoms with Gasteiger partial charge in [0.1, 0.15) is 11.9 Å². The number of imidazole rings is 1. The largest absolute Gasteiger partial charge is 0.441 e. The second kappa shape index (κ2) is 7.32. The van der Waals surface area contributed by atoms with Gasteiger partial charge in [-0.25, -0.2) is 19.1 Å². The molecule has 2 saturated carbocycles. The van der Waals surface area contributed by atoms with Gasteiger partial charge in [-0.3, -0.25) is 9.59 Å². The molecule has 9 nitrogen and oxygen atoms in total. The lowest BCUT2D eigenvalue weighted by atomic mass is 9.66. The van der Waals surface area contributed by atoms with Crippen LogP contribution in [-0.2, 0) is 30.4 Å². The number of carbonyl (C=O) groups excluding carboxylic acids is 4. The van der Waals surface area contributed by atoms with Crippen molar-refractivity contribution in [2.75, 3.05) is 0 Å². The highest BCUT2D eigenvalue weighted by atomic mass is 16.7. The van der Waals surface area contributed by atoms with E-state index in [-0.39, 0.29) is 31.3 Å². The molecule has 0 radical (unpaired) electrons. The molecule has 1 aliphatic heterocycles. The number of nitrogens with zero attached hydrogens (tertiary/aromatic N) is 3. The highest BCUT2D eigenvalue weighted by Crippen LogP contribution is 2.61. The van der Waals surface area contributed by atoms with Gasteiger partial charge in [0.25, 0.3) is 11.8 Å². The molecule has 0 spiro atoms. The Morgan fingerprint density at radius 3 is 2.77 bits per heavy atom. The van der Waals surface area contributed by atoms with Crippen LogP contribution in [-0.4, -0.2) is 44.1 Å². The summed E-state index contributed by atoms with van der Waals surface area (Å²) in [5.74, 6) is -0.177. The van der Waals surface area contributed by atoms with Gasteiger partial charge in [0, 0.05) is 37.8 Å². The fraction of sp³-hybridized carbons (Fsp3) is 0.591. The van der Waals surface area contributed by atoms with E-state index in [0.29, 0.717) is 28.5 Å². The molecule has 9 heteroatoms. The molecule has 1 aromatic rings. The van der Waals surface area contributed by atoms with Gasteiger partial charge in [-0.15, -0.1) is 5.06 Å². The van der Waals surface area contributed by atoms with Crippen molar-refractivity contribution in [1.29, 1.82) is 0 Å². The molecule has 164 valence electrons. The Kier molecular flexibility index (Phi) is 4.71. The second-order valence-corrected chi connectivity index (χ2v) is 9.24. The number of amides is 2. The molecule has 0 aromatic carbocycles. The third-order valence-electron chi connectivity index (χ3n) is 6.91. The molecule has 4 atom stereocenters. The summed E-state index contributed by atoms with van der Waals surface area (Å²) < 4.78 is 7.29.